The summed E-state index contributed by atoms with van der Waals surface area (Å²) in [5.41, 5.74) is 6.63. The van der Waals surface area contributed by atoms with Crippen molar-refractivity contribution in [1.29, 1.82) is 0 Å². The third-order valence-electron chi connectivity index (χ3n) is 6.67. The van der Waals surface area contributed by atoms with E-state index in [4.69, 9.17) is 16.6 Å². The molecule has 1 unspecified atom stereocenters. The fourth-order valence-electron chi connectivity index (χ4n) is 5.32. The Hall–Kier alpha value is -1.84. The lowest BCUT2D eigenvalue weighted by Crippen LogP contribution is -2.32. The molecule has 1 saturated carbocycles. The predicted molar refractivity (Wildman–Crippen MR) is 116 cm³/mol. The number of aromatic nitrogens is 2. The van der Waals surface area contributed by atoms with E-state index in [1.165, 1.54) is 47.9 Å². The SMILES string of the molecule is Cc1ccc2c(c1)nc(C)n2[C@H]1CC[C@H](NCC2Cc3ccc(Cl)cc3C2)C1. The van der Waals surface area contributed by atoms with E-state index in [0.29, 0.717) is 18.0 Å². The van der Waals surface area contributed by atoms with Crippen molar-refractivity contribution < 1.29 is 0 Å². The molecule has 3 nitrogen and oxygen atoms in total. The molecule has 1 N–H and O–H groups in total. The van der Waals surface area contributed by atoms with Crippen LogP contribution in [0.2, 0.25) is 5.02 Å². The number of halogens is 1. The van der Waals surface area contributed by atoms with Gasteiger partial charge in [-0.05, 0) is 99.4 Å². The molecule has 1 fully saturated rings. The zero-order chi connectivity index (χ0) is 19.3. The third kappa shape index (κ3) is 3.35. The number of imidazole rings is 1. The lowest BCUT2D eigenvalue weighted by atomic mass is 10.1. The number of fused-ring (bicyclic) bond motifs is 2. The van der Waals surface area contributed by atoms with Gasteiger partial charge in [-0.25, -0.2) is 4.98 Å². The largest absolute Gasteiger partial charge is 0.325 e. The zero-order valence-electron chi connectivity index (χ0n) is 16.7. The van der Waals surface area contributed by atoms with Crippen molar-refractivity contribution in [2.45, 2.75) is 58.0 Å². The van der Waals surface area contributed by atoms with Crippen LogP contribution in [0.1, 0.15) is 47.8 Å². The highest BCUT2D eigenvalue weighted by Crippen LogP contribution is 2.35. The Balaban J connectivity index is 1.22. The molecule has 0 radical (unpaired) electrons. The van der Waals surface area contributed by atoms with Crippen molar-refractivity contribution in [3.63, 3.8) is 0 Å². The van der Waals surface area contributed by atoms with Gasteiger partial charge < -0.3 is 9.88 Å². The number of nitrogens with zero attached hydrogens (tertiary/aromatic N) is 2. The summed E-state index contributed by atoms with van der Waals surface area (Å²) in [4.78, 5) is 4.81. The average molecular weight is 394 g/mol. The Morgan fingerprint density at radius 2 is 1.93 bits per heavy atom. The summed E-state index contributed by atoms with van der Waals surface area (Å²) in [5.74, 6) is 1.85. The highest BCUT2D eigenvalue weighted by molar-refractivity contribution is 6.30. The van der Waals surface area contributed by atoms with E-state index in [2.05, 4.69) is 54.1 Å². The minimum absolute atomic E-state index is 0.560. The standard InChI is InChI=1S/C24H28ClN3/c1-15-3-8-24-23(9-15)27-16(2)28(24)22-7-6-21(13-22)26-14-17-10-18-4-5-20(25)12-19(18)11-17/h3-5,8-9,12,17,21-22,26H,6-7,10-11,13-14H2,1-2H3/t17?,21-,22-/m0/s1. The number of hydrogen-bond acceptors (Lipinski definition) is 2. The van der Waals surface area contributed by atoms with Crippen molar-refractivity contribution in [1.82, 2.24) is 14.9 Å². The van der Waals surface area contributed by atoms with Crippen LogP contribution in [-0.2, 0) is 12.8 Å². The molecule has 2 aliphatic rings. The molecular formula is C24H28ClN3. The Labute approximate surface area is 172 Å². The molecule has 0 aliphatic heterocycles. The summed E-state index contributed by atoms with van der Waals surface area (Å²) in [5, 5.41) is 4.74. The van der Waals surface area contributed by atoms with Crippen LogP contribution in [0.15, 0.2) is 36.4 Å². The van der Waals surface area contributed by atoms with Gasteiger partial charge in [0, 0.05) is 17.1 Å². The molecule has 4 heteroatoms. The molecule has 0 spiro atoms. The second kappa shape index (κ2) is 7.20. The first-order valence-corrected chi connectivity index (χ1v) is 10.9. The van der Waals surface area contributed by atoms with Gasteiger partial charge in [0.2, 0.25) is 0 Å². The Morgan fingerprint density at radius 3 is 2.82 bits per heavy atom. The van der Waals surface area contributed by atoms with Crippen LogP contribution in [-0.4, -0.2) is 22.1 Å². The van der Waals surface area contributed by atoms with E-state index in [1.54, 1.807) is 0 Å². The highest BCUT2D eigenvalue weighted by atomic mass is 35.5. The van der Waals surface area contributed by atoms with Crippen LogP contribution in [0.4, 0.5) is 0 Å². The molecule has 28 heavy (non-hydrogen) atoms. The number of rotatable bonds is 4. The second-order valence-corrected chi connectivity index (χ2v) is 9.22. The average Bonchev–Trinajstić information content (AvgIpc) is 3.35. The van der Waals surface area contributed by atoms with E-state index in [0.717, 1.165) is 29.3 Å². The van der Waals surface area contributed by atoms with Crippen LogP contribution in [0.5, 0.6) is 0 Å². The molecule has 3 atom stereocenters. The molecule has 2 aromatic carbocycles. The van der Waals surface area contributed by atoms with E-state index >= 15 is 0 Å². The lowest BCUT2D eigenvalue weighted by molar-refractivity contribution is 0.425. The maximum atomic E-state index is 6.16. The van der Waals surface area contributed by atoms with Crippen LogP contribution in [0.25, 0.3) is 11.0 Å². The van der Waals surface area contributed by atoms with Gasteiger partial charge in [0.15, 0.2) is 0 Å². The Morgan fingerprint density at radius 1 is 1.07 bits per heavy atom. The molecule has 146 valence electrons. The maximum Gasteiger partial charge on any atom is 0.106 e. The first kappa shape index (κ1) is 18.2. The predicted octanol–water partition coefficient (Wildman–Crippen LogP) is 5.40. The molecule has 2 aliphatic carbocycles. The van der Waals surface area contributed by atoms with E-state index < -0.39 is 0 Å². The van der Waals surface area contributed by atoms with E-state index in [9.17, 15) is 0 Å². The fraction of sp³-hybridized carbons (Fsp3) is 0.458. The van der Waals surface area contributed by atoms with Gasteiger partial charge in [0.05, 0.1) is 11.0 Å². The minimum atomic E-state index is 0.560. The molecule has 1 heterocycles. The maximum absolute atomic E-state index is 6.16. The van der Waals surface area contributed by atoms with Crippen molar-refractivity contribution in [3.8, 4) is 0 Å². The summed E-state index contributed by atoms with van der Waals surface area (Å²) in [7, 11) is 0. The third-order valence-corrected chi connectivity index (χ3v) is 6.91. The Bertz CT molecular complexity index is 1020. The first-order valence-electron chi connectivity index (χ1n) is 10.5. The van der Waals surface area contributed by atoms with Crippen molar-refractivity contribution in [3.05, 3.63) is 63.9 Å². The minimum Gasteiger partial charge on any atom is -0.325 e. The summed E-state index contributed by atoms with van der Waals surface area (Å²) in [6.45, 7) is 5.39. The van der Waals surface area contributed by atoms with Gasteiger partial charge in [-0.3, -0.25) is 0 Å². The summed E-state index contributed by atoms with van der Waals surface area (Å²) in [6.07, 6.45) is 6.02. The summed E-state index contributed by atoms with van der Waals surface area (Å²) < 4.78 is 2.48. The van der Waals surface area contributed by atoms with Gasteiger partial charge >= 0.3 is 0 Å². The van der Waals surface area contributed by atoms with Crippen LogP contribution in [0, 0.1) is 19.8 Å². The number of hydrogen-bond donors (Lipinski definition) is 1. The van der Waals surface area contributed by atoms with Gasteiger partial charge in [0.1, 0.15) is 5.82 Å². The van der Waals surface area contributed by atoms with E-state index in [1.807, 2.05) is 6.07 Å². The quantitative estimate of drug-likeness (QED) is 0.642. The van der Waals surface area contributed by atoms with Crippen molar-refractivity contribution in [2.75, 3.05) is 6.54 Å². The fourth-order valence-corrected chi connectivity index (χ4v) is 5.52. The lowest BCUT2D eigenvalue weighted by Gasteiger charge is -2.18. The molecule has 0 bridgehead atoms. The monoisotopic (exact) mass is 393 g/mol. The molecule has 0 amide bonds. The number of nitrogens with one attached hydrogen (secondary N) is 1. The van der Waals surface area contributed by atoms with Crippen LogP contribution < -0.4 is 5.32 Å². The zero-order valence-corrected chi connectivity index (χ0v) is 17.5. The van der Waals surface area contributed by atoms with E-state index in [-0.39, 0.29) is 0 Å². The number of benzene rings is 2. The van der Waals surface area contributed by atoms with Gasteiger partial charge in [-0.15, -0.1) is 0 Å². The second-order valence-electron chi connectivity index (χ2n) is 8.78. The van der Waals surface area contributed by atoms with Crippen LogP contribution >= 0.6 is 11.6 Å². The van der Waals surface area contributed by atoms with Gasteiger partial charge in [0.25, 0.3) is 0 Å². The normalized spacial score (nSPS) is 24.2. The van der Waals surface area contributed by atoms with Gasteiger partial charge in [-0.1, -0.05) is 23.7 Å². The van der Waals surface area contributed by atoms with Crippen LogP contribution in [0.3, 0.4) is 0 Å². The molecular weight excluding hydrogens is 366 g/mol. The highest BCUT2D eigenvalue weighted by Gasteiger charge is 2.29. The first-order chi connectivity index (χ1) is 13.6. The smallest absolute Gasteiger partial charge is 0.106 e. The van der Waals surface area contributed by atoms with Crippen molar-refractivity contribution >= 4 is 22.6 Å². The number of aryl methyl sites for hydroxylation is 2. The molecule has 1 aromatic heterocycles. The van der Waals surface area contributed by atoms with Gasteiger partial charge in [-0.2, -0.15) is 0 Å². The topological polar surface area (TPSA) is 29.9 Å². The Kier molecular flexibility index (Phi) is 4.68. The summed E-state index contributed by atoms with van der Waals surface area (Å²) >= 11 is 6.16. The molecule has 0 saturated heterocycles. The molecule has 5 rings (SSSR count). The van der Waals surface area contributed by atoms with Crippen molar-refractivity contribution in [2.24, 2.45) is 5.92 Å². The summed E-state index contributed by atoms with van der Waals surface area (Å²) in [6, 6.07) is 14.2. The molecule has 3 aromatic rings.